The van der Waals surface area contributed by atoms with Gasteiger partial charge in [-0.25, -0.2) is 0 Å². The van der Waals surface area contributed by atoms with Crippen LogP contribution in [0.4, 0.5) is 0 Å². The first kappa shape index (κ1) is 12.0. The van der Waals surface area contributed by atoms with Crippen LogP contribution in [0.5, 0.6) is 11.5 Å². The third-order valence-corrected chi connectivity index (χ3v) is 2.10. The zero-order chi connectivity index (χ0) is 9.97. The van der Waals surface area contributed by atoms with Crippen LogP contribution in [0.3, 0.4) is 0 Å². The van der Waals surface area contributed by atoms with E-state index in [0.29, 0.717) is 11.1 Å². The van der Waals surface area contributed by atoms with Crippen LogP contribution in [0, 0.1) is 0 Å². The van der Waals surface area contributed by atoms with E-state index in [4.69, 9.17) is 0 Å². The van der Waals surface area contributed by atoms with Gasteiger partial charge in [0.25, 0.3) is 0 Å². The molecule has 0 atom stereocenters. The molecule has 74 valence electrons. The van der Waals surface area contributed by atoms with E-state index in [2.05, 4.69) is 0 Å². The molecule has 0 saturated carbocycles. The third-order valence-electron chi connectivity index (χ3n) is 2.10. The van der Waals surface area contributed by atoms with E-state index < -0.39 is 0 Å². The van der Waals surface area contributed by atoms with Crippen LogP contribution >= 0.6 is 0 Å². The van der Waals surface area contributed by atoms with E-state index in [9.17, 15) is 10.2 Å². The monoisotopic (exact) mass is 276 g/mol. The molecule has 0 fully saturated rings. The molecule has 0 unspecified atom stereocenters. The van der Waals surface area contributed by atoms with Gasteiger partial charge >= 0.3 is 0 Å². The maximum Gasteiger partial charge on any atom is 0.123 e. The Hall–Kier alpha value is -1.08. The van der Waals surface area contributed by atoms with Gasteiger partial charge in [-0.1, -0.05) is 36.4 Å². The smallest absolute Gasteiger partial charge is 0.123 e. The number of para-hydroxylation sites is 2. The molecule has 0 amide bonds. The Bertz CT molecular complexity index is 411. The molecule has 2 rings (SSSR count). The van der Waals surface area contributed by atoms with Crippen molar-refractivity contribution in [3.05, 3.63) is 48.5 Å². The van der Waals surface area contributed by atoms with Crippen LogP contribution in [0.1, 0.15) is 0 Å². The zero-order valence-corrected chi connectivity index (χ0v) is 10.5. The molecule has 0 aliphatic rings. The Kier molecular flexibility index (Phi) is 4.10. The van der Waals surface area contributed by atoms with Crippen molar-refractivity contribution < 1.29 is 36.4 Å². The number of phenols is 2. The Morgan fingerprint density at radius 2 is 0.933 bits per heavy atom. The quantitative estimate of drug-likeness (QED) is 0.841. The average molecular weight is 277 g/mol. The molecule has 0 radical (unpaired) electrons. The first-order valence-corrected chi connectivity index (χ1v) is 4.35. The summed E-state index contributed by atoms with van der Waals surface area (Å²) < 4.78 is 0. The molecule has 3 heteroatoms. The number of aromatic hydroxyl groups is 2. The number of phenolic OH excluding ortho intramolecular Hbond substituents is 2. The predicted octanol–water partition coefficient (Wildman–Crippen LogP) is 2.76. The van der Waals surface area contributed by atoms with Crippen molar-refractivity contribution >= 4 is 0 Å². The summed E-state index contributed by atoms with van der Waals surface area (Å²) in [6.45, 7) is 0. The van der Waals surface area contributed by atoms with Crippen molar-refractivity contribution in [2.24, 2.45) is 0 Å². The standard InChI is InChI=1S/C12H10O2.Zr/c13-11-7-3-1-5-9(11)10-6-2-4-8-12(10)14;/h1-8,13-14H;. The minimum atomic E-state index is 0. The van der Waals surface area contributed by atoms with Gasteiger partial charge in [0.05, 0.1) is 0 Å². The predicted molar refractivity (Wildman–Crippen MR) is 55.2 cm³/mol. The topological polar surface area (TPSA) is 40.5 Å². The van der Waals surface area contributed by atoms with Crippen molar-refractivity contribution in [3.8, 4) is 22.6 Å². The molecule has 0 saturated heterocycles. The summed E-state index contributed by atoms with van der Waals surface area (Å²) in [5.74, 6) is 0.350. The SMILES string of the molecule is Oc1ccccc1-c1ccccc1O.[Zr]. The number of benzene rings is 2. The van der Waals surface area contributed by atoms with Crippen LogP contribution in [0.25, 0.3) is 11.1 Å². The van der Waals surface area contributed by atoms with Crippen LogP contribution in [0.2, 0.25) is 0 Å². The van der Waals surface area contributed by atoms with Gasteiger partial charge < -0.3 is 10.2 Å². The normalized spacial score (nSPS) is 9.33. The van der Waals surface area contributed by atoms with Gasteiger partial charge in [0, 0.05) is 37.3 Å². The van der Waals surface area contributed by atoms with Crippen LogP contribution in [0.15, 0.2) is 48.5 Å². The summed E-state index contributed by atoms with van der Waals surface area (Å²) in [7, 11) is 0. The molecule has 15 heavy (non-hydrogen) atoms. The van der Waals surface area contributed by atoms with Crippen LogP contribution < -0.4 is 0 Å². The van der Waals surface area contributed by atoms with Gasteiger partial charge in [0.15, 0.2) is 0 Å². The molecule has 0 aliphatic heterocycles. The Morgan fingerprint density at radius 1 is 0.600 bits per heavy atom. The fourth-order valence-electron chi connectivity index (χ4n) is 1.40. The summed E-state index contributed by atoms with van der Waals surface area (Å²) in [6, 6.07) is 13.9. The summed E-state index contributed by atoms with van der Waals surface area (Å²) in [6.07, 6.45) is 0. The fourth-order valence-corrected chi connectivity index (χ4v) is 1.40. The molecule has 2 aromatic rings. The van der Waals surface area contributed by atoms with Crippen molar-refractivity contribution in [1.29, 1.82) is 0 Å². The van der Waals surface area contributed by atoms with Crippen molar-refractivity contribution in [3.63, 3.8) is 0 Å². The summed E-state index contributed by atoms with van der Waals surface area (Å²) in [5.41, 5.74) is 1.29. The number of hydrogen-bond donors (Lipinski definition) is 2. The summed E-state index contributed by atoms with van der Waals surface area (Å²) in [5, 5.41) is 19.2. The van der Waals surface area contributed by atoms with E-state index in [1.807, 2.05) is 12.1 Å². The molecule has 2 N–H and O–H groups in total. The van der Waals surface area contributed by atoms with E-state index in [1.165, 1.54) is 0 Å². The number of rotatable bonds is 1. The van der Waals surface area contributed by atoms with E-state index in [1.54, 1.807) is 36.4 Å². The van der Waals surface area contributed by atoms with Gasteiger partial charge in [-0.05, 0) is 12.1 Å². The number of hydrogen-bond acceptors (Lipinski definition) is 2. The second-order valence-electron chi connectivity index (χ2n) is 3.03. The summed E-state index contributed by atoms with van der Waals surface area (Å²) >= 11 is 0. The van der Waals surface area contributed by atoms with Gasteiger partial charge in [0.1, 0.15) is 11.5 Å². The largest absolute Gasteiger partial charge is 0.507 e. The van der Waals surface area contributed by atoms with Gasteiger partial charge in [0.2, 0.25) is 0 Å². The zero-order valence-electron chi connectivity index (χ0n) is 8.01. The first-order chi connectivity index (χ1) is 6.79. The molecule has 0 spiro atoms. The van der Waals surface area contributed by atoms with Gasteiger partial charge in [-0.2, -0.15) is 0 Å². The van der Waals surface area contributed by atoms with Crippen molar-refractivity contribution in [1.82, 2.24) is 0 Å². The van der Waals surface area contributed by atoms with Crippen LogP contribution in [-0.4, -0.2) is 10.2 Å². The van der Waals surface area contributed by atoms with Crippen molar-refractivity contribution in [2.45, 2.75) is 0 Å². The third kappa shape index (κ3) is 2.48. The van der Waals surface area contributed by atoms with Gasteiger partial charge in [-0.15, -0.1) is 0 Å². The summed E-state index contributed by atoms with van der Waals surface area (Å²) in [4.78, 5) is 0. The Balaban J connectivity index is 0.00000112. The first-order valence-electron chi connectivity index (χ1n) is 4.35. The Labute approximate surface area is 107 Å². The van der Waals surface area contributed by atoms with E-state index in [-0.39, 0.29) is 37.7 Å². The Morgan fingerprint density at radius 3 is 1.27 bits per heavy atom. The van der Waals surface area contributed by atoms with Crippen LogP contribution in [-0.2, 0) is 26.2 Å². The van der Waals surface area contributed by atoms with E-state index >= 15 is 0 Å². The second-order valence-corrected chi connectivity index (χ2v) is 3.03. The molecular formula is C12H10O2Zr. The molecule has 2 aromatic carbocycles. The molecule has 0 aromatic heterocycles. The molecule has 2 nitrogen and oxygen atoms in total. The molecule has 0 heterocycles. The average Bonchev–Trinajstić information content (AvgIpc) is 2.20. The molecule has 0 aliphatic carbocycles. The maximum atomic E-state index is 9.58. The van der Waals surface area contributed by atoms with Crippen molar-refractivity contribution in [2.75, 3.05) is 0 Å². The fraction of sp³-hybridized carbons (Fsp3) is 0. The minimum absolute atomic E-state index is 0. The molecule has 0 bridgehead atoms. The minimum Gasteiger partial charge on any atom is -0.507 e. The van der Waals surface area contributed by atoms with Gasteiger partial charge in [-0.3, -0.25) is 0 Å². The second kappa shape index (κ2) is 5.13. The van der Waals surface area contributed by atoms with E-state index in [0.717, 1.165) is 0 Å². The maximum absolute atomic E-state index is 9.58. The molecular weight excluding hydrogens is 267 g/mol.